The van der Waals surface area contributed by atoms with Crippen molar-refractivity contribution >= 4 is 21.6 Å². The van der Waals surface area contributed by atoms with Crippen LogP contribution in [0.1, 0.15) is 29.6 Å². The topological polar surface area (TPSA) is 105 Å². The van der Waals surface area contributed by atoms with Crippen molar-refractivity contribution in [3.8, 4) is 0 Å². The standard InChI is InChI=1S/C16H20N4O4S/c1-2-20(12-5-7-25(22,23)11-12)16(21)14-9-19-15(10-17-14)18-8-13-4-3-6-24-13/h3-4,6,9-10,12H,2,5,7-8,11H2,1H3,(H,18,19). The lowest BCUT2D eigenvalue weighted by Crippen LogP contribution is -2.41. The Morgan fingerprint density at radius 1 is 1.40 bits per heavy atom. The Hall–Kier alpha value is -2.42. The van der Waals surface area contributed by atoms with Gasteiger partial charge in [0.15, 0.2) is 9.84 Å². The summed E-state index contributed by atoms with van der Waals surface area (Å²) in [6.07, 6.45) is 4.94. The zero-order chi connectivity index (χ0) is 17.9. The molecule has 0 aliphatic carbocycles. The van der Waals surface area contributed by atoms with Crippen molar-refractivity contribution in [1.82, 2.24) is 14.9 Å². The maximum atomic E-state index is 12.6. The van der Waals surface area contributed by atoms with Crippen LogP contribution in [0.3, 0.4) is 0 Å². The van der Waals surface area contributed by atoms with Crippen molar-refractivity contribution in [3.63, 3.8) is 0 Å². The van der Waals surface area contributed by atoms with E-state index in [1.54, 1.807) is 17.2 Å². The molecule has 0 aromatic carbocycles. The number of furan rings is 1. The van der Waals surface area contributed by atoms with Gasteiger partial charge in [-0.2, -0.15) is 0 Å². The van der Waals surface area contributed by atoms with Gasteiger partial charge in [0, 0.05) is 12.6 Å². The summed E-state index contributed by atoms with van der Waals surface area (Å²) in [6.45, 7) is 2.73. The van der Waals surface area contributed by atoms with Crippen LogP contribution in [0.25, 0.3) is 0 Å². The van der Waals surface area contributed by atoms with E-state index in [9.17, 15) is 13.2 Å². The molecule has 0 saturated carbocycles. The molecule has 1 aliphatic heterocycles. The molecule has 25 heavy (non-hydrogen) atoms. The van der Waals surface area contributed by atoms with E-state index in [4.69, 9.17) is 4.42 Å². The van der Waals surface area contributed by atoms with E-state index >= 15 is 0 Å². The third-order valence-electron chi connectivity index (χ3n) is 4.15. The van der Waals surface area contributed by atoms with E-state index in [2.05, 4.69) is 15.3 Å². The lowest BCUT2D eigenvalue weighted by Gasteiger charge is -2.26. The summed E-state index contributed by atoms with van der Waals surface area (Å²) >= 11 is 0. The Bertz CT molecular complexity index is 818. The molecule has 1 aliphatic rings. The third-order valence-corrected chi connectivity index (χ3v) is 5.90. The molecule has 1 amide bonds. The first-order valence-electron chi connectivity index (χ1n) is 8.08. The number of aromatic nitrogens is 2. The van der Waals surface area contributed by atoms with Gasteiger partial charge in [0.1, 0.15) is 17.3 Å². The van der Waals surface area contributed by atoms with Crippen LogP contribution in [-0.2, 0) is 16.4 Å². The number of sulfone groups is 1. The minimum Gasteiger partial charge on any atom is -0.467 e. The lowest BCUT2D eigenvalue weighted by molar-refractivity contribution is 0.0702. The van der Waals surface area contributed by atoms with Crippen LogP contribution in [0, 0.1) is 0 Å². The number of carbonyl (C=O) groups excluding carboxylic acids is 1. The van der Waals surface area contributed by atoms with Gasteiger partial charge in [-0.1, -0.05) is 0 Å². The van der Waals surface area contributed by atoms with Crippen LogP contribution in [-0.4, -0.2) is 53.3 Å². The normalized spacial score (nSPS) is 18.8. The fraction of sp³-hybridized carbons (Fsp3) is 0.438. The van der Waals surface area contributed by atoms with Gasteiger partial charge in [-0.3, -0.25) is 4.79 Å². The summed E-state index contributed by atoms with van der Waals surface area (Å²) in [6, 6.07) is 3.35. The number of hydrogen-bond acceptors (Lipinski definition) is 7. The van der Waals surface area contributed by atoms with Crippen LogP contribution >= 0.6 is 0 Å². The molecule has 0 spiro atoms. The Kier molecular flexibility index (Phi) is 5.03. The number of hydrogen-bond donors (Lipinski definition) is 1. The first kappa shape index (κ1) is 17.4. The molecule has 3 rings (SSSR count). The second-order valence-corrected chi connectivity index (χ2v) is 8.10. The van der Waals surface area contributed by atoms with Crippen molar-refractivity contribution in [3.05, 3.63) is 42.2 Å². The molecule has 2 aromatic rings. The Morgan fingerprint density at radius 3 is 2.80 bits per heavy atom. The molecule has 2 aromatic heterocycles. The first-order valence-corrected chi connectivity index (χ1v) is 9.90. The average molecular weight is 364 g/mol. The number of carbonyl (C=O) groups is 1. The minimum absolute atomic E-state index is 0.0167. The van der Waals surface area contributed by atoms with E-state index in [1.807, 2.05) is 13.0 Å². The quantitative estimate of drug-likeness (QED) is 0.824. The van der Waals surface area contributed by atoms with Gasteiger partial charge >= 0.3 is 0 Å². The number of nitrogens with zero attached hydrogens (tertiary/aromatic N) is 3. The van der Waals surface area contributed by atoms with Gasteiger partial charge in [0.2, 0.25) is 0 Å². The molecule has 0 radical (unpaired) electrons. The second kappa shape index (κ2) is 7.22. The lowest BCUT2D eigenvalue weighted by atomic mass is 10.2. The summed E-state index contributed by atoms with van der Waals surface area (Å²) < 4.78 is 28.5. The van der Waals surface area contributed by atoms with Gasteiger partial charge in [-0.15, -0.1) is 0 Å². The van der Waals surface area contributed by atoms with Gasteiger partial charge in [-0.25, -0.2) is 18.4 Å². The first-order chi connectivity index (χ1) is 12.0. The number of anilines is 1. The maximum absolute atomic E-state index is 12.6. The molecule has 134 valence electrons. The highest BCUT2D eigenvalue weighted by atomic mass is 32.2. The number of amides is 1. The largest absolute Gasteiger partial charge is 0.467 e. The summed E-state index contributed by atoms with van der Waals surface area (Å²) in [5, 5.41) is 3.05. The predicted octanol–water partition coefficient (Wildman–Crippen LogP) is 1.33. The second-order valence-electron chi connectivity index (χ2n) is 5.87. The molecule has 0 bridgehead atoms. The maximum Gasteiger partial charge on any atom is 0.274 e. The van der Waals surface area contributed by atoms with E-state index in [0.717, 1.165) is 5.76 Å². The smallest absolute Gasteiger partial charge is 0.274 e. The molecule has 8 nitrogen and oxygen atoms in total. The van der Waals surface area contributed by atoms with Crippen molar-refractivity contribution in [2.75, 3.05) is 23.4 Å². The highest BCUT2D eigenvalue weighted by molar-refractivity contribution is 7.91. The summed E-state index contributed by atoms with van der Waals surface area (Å²) in [7, 11) is -3.05. The van der Waals surface area contributed by atoms with E-state index in [1.165, 1.54) is 12.4 Å². The Labute approximate surface area is 146 Å². The zero-order valence-electron chi connectivity index (χ0n) is 13.9. The van der Waals surface area contributed by atoms with Crippen LogP contribution in [0.15, 0.2) is 35.2 Å². The summed E-state index contributed by atoms with van der Waals surface area (Å²) in [4.78, 5) is 22.5. The van der Waals surface area contributed by atoms with Gasteiger partial charge in [-0.05, 0) is 25.5 Å². The third kappa shape index (κ3) is 4.16. The Morgan fingerprint density at radius 2 is 2.24 bits per heavy atom. The number of rotatable bonds is 6. The molecule has 1 atom stereocenters. The van der Waals surface area contributed by atoms with Crippen molar-refractivity contribution in [2.24, 2.45) is 0 Å². The molecule has 9 heteroatoms. The highest BCUT2D eigenvalue weighted by Gasteiger charge is 2.34. The monoisotopic (exact) mass is 364 g/mol. The average Bonchev–Trinajstić information content (AvgIpc) is 3.23. The molecule has 1 unspecified atom stereocenters. The molecule has 1 N–H and O–H groups in total. The zero-order valence-corrected chi connectivity index (χ0v) is 14.7. The highest BCUT2D eigenvalue weighted by Crippen LogP contribution is 2.19. The van der Waals surface area contributed by atoms with E-state index in [0.29, 0.717) is 25.3 Å². The minimum atomic E-state index is -3.05. The van der Waals surface area contributed by atoms with Gasteiger partial charge in [0.25, 0.3) is 5.91 Å². The van der Waals surface area contributed by atoms with Crippen LogP contribution in [0.4, 0.5) is 5.82 Å². The van der Waals surface area contributed by atoms with Crippen LogP contribution < -0.4 is 5.32 Å². The van der Waals surface area contributed by atoms with E-state index in [-0.39, 0.29) is 29.1 Å². The molecule has 3 heterocycles. The van der Waals surface area contributed by atoms with Crippen molar-refractivity contribution < 1.29 is 17.6 Å². The van der Waals surface area contributed by atoms with Gasteiger partial charge < -0.3 is 14.6 Å². The Balaban J connectivity index is 1.65. The van der Waals surface area contributed by atoms with Crippen molar-refractivity contribution in [2.45, 2.75) is 25.9 Å². The molecular formula is C16H20N4O4S. The molecule has 1 fully saturated rings. The fourth-order valence-corrected chi connectivity index (χ4v) is 4.59. The fourth-order valence-electron chi connectivity index (χ4n) is 2.86. The summed E-state index contributed by atoms with van der Waals surface area (Å²) in [5.41, 5.74) is 0.203. The van der Waals surface area contributed by atoms with Crippen LogP contribution in [0.2, 0.25) is 0 Å². The molecular weight excluding hydrogens is 344 g/mol. The predicted molar refractivity (Wildman–Crippen MR) is 91.8 cm³/mol. The van der Waals surface area contributed by atoms with E-state index < -0.39 is 9.84 Å². The SMILES string of the molecule is CCN(C(=O)c1cnc(NCc2ccco2)cn1)C1CCS(=O)(=O)C1. The summed E-state index contributed by atoms with van der Waals surface area (Å²) in [5.74, 6) is 1.14. The number of nitrogens with one attached hydrogen (secondary N) is 1. The van der Waals surface area contributed by atoms with Crippen LogP contribution in [0.5, 0.6) is 0 Å². The van der Waals surface area contributed by atoms with Crippen molar-refractivity contribution in [1.29, 1.82) is 0 Å². The molecule has 1 saturated heterocycles. The van der Waals surface area contributed by atoms with Gasteiger partial charge in [0.05, 0.1) is 36.7 Å².